The molecule has 0 atom stereocenters. The lowest BCUT2D eigenvalue weighted by Crippen LogP contribution is -2.38. The van der Waals surface area contributed by atoms with E-state index in [0.717, 1.165) is 19.6 Å². The van der Waals surface area contributed by atoms with Gasteiger partial charge in [0.15, 0.2) is 0 Å². The molecule has 0 amide bonds. The highest BCUT2D eigenvalue weighted by Gasteiger charge is 2.29. The lowest BCUT2D eigenvalue weighted by Gasteiger charge is -2.38. The van der Waals surface area contributed by atoms with Gasteiger partial charge in [-0.2, -0.15) is 0 Å². The molecule has 18 heavy (non-hydrogen) atoms. The van der Waals surface area contributed by atoms with E-state index in [-0.39, 0.29) is 0 Å². The Kier molecular flexibility index (Phi) is 4.40. The quantitative estimate of drug-likeness (QED) is 0.864. The van der Waals surface area contributed by atoms with Gasteiger partial charge < -0.3 is 14.8 Å². The first-order chi connectivity index (χ1) is 8.63. The van der Waals surface area contributed by atoms with Gasteiger partial charge in [0.25, 0.3) is 0 Å². The van der Waals surface area contributed by atoms with Crippen molar-refractivity contribution in [1.29, 1.82) is 0 Å². The molecule has 1 aromatic heterocycles. The third-order valence-corrected chi connectivity index (χ3v) is 4.10. The summed E-state index contributed by atoms with van der Waals surface area (Å²) in [7, 11) is 2.22. The van der Waals surface area contributed by atoms with Crippen molar-refractivity contribution in [3.8, 4) is 0 Å². The molecule has 0 aromatic carbocycles. The van der Waals surface area contributed by atoms with E-state index in [4.69, 9.17) is 0 Å². The number of hydrogen-bond donors (Lipinski definition) is 1. The van der Waals surface area contributed by atoms with Crippen molar-refractivity contribution in [2.75, 3.05) is 26.7 Å². The minimum Gasteiger partial charge on any atom is -0.333 e. The van der Waals surface area contributed by atoms with Crippen LogP contribution in [-0.2, 0) is 13.1 Å². The lowest BCUT2D eigenvalue weighted by atomic mass is 9.80. The van der Waals surface area contributed by atoms with Crippen LogP contribution in [0.2, 0.25) is 0 Å². The van der Waals surface area contributed by atoms with Crippen molar-refractivity contribution < 1.29 is 0 Å². The summed E-state index contributed by atoms with van der Waals surface area (Å²) in [5.41, 5.74) is 1.73. The largest absolute Gasteiger partial charge is 0.333 e. The van der Waals surface area contributed by atoms with Gasteiger partial charge in [-0.15, -0.1) is 0 Å². The summed E-state index contributed by atoms with van der Waals surface area (Å²) >= 11 is 0. The number of imidazole rings is 1. The van der Waals surface area contributed by atoms with Crippen LogP contribution in [0.5, 0.6) is 0 Å². The van der Waals surface area contributed by atoms with E-state index >= 15 is 0 Å². The van der Waals surface area contributed by atoms with Gasteiger partial charge in [-0.3, -0.25) is 0 Å². The fourth-order valence-corrected chi connectivity index (χ4v) is 2.62. The van der Waals surface area contributed by atoms with Gasteiger partial charge in [0, 0.05) is 19.3 Å². The first-order valence-electron chi connectivity index (χ1n) is 7.01. The van der Waals surface area contributed by atoms with E-state index in [2.05, 4.69) is 40.7 Å². The molecule has 1 aliphatic heterocycles. The number of aromatic nitrogens is 2. The molecule has 4 nitrogen and oxygen atoms in total. The molecule has 0 spiro atoms. The molecule has 0 bridgehead atoms. The fourth-order valence-electron chi connectivity index (χ4n) is 2.62. The maximum absolute atomic E-state index is 4.30. The molecule has 0 aliphatic carbocycles. The summed E-state index contributed by atoms with van der Waals surface area (Å²) in [5.74, 6) is 0. The van der Waals surface area contributed by atoms with Crippen LogP contribution >= 0.6 is 0 Å². The second-order valence-electron chi connectivity index (χ2n) is 5.91. The number of nitrogens with zero attached hydrogens (tertiary/aromatic N) is 3. The van der Waals surface area contributed by atoms with Crippen molar-refractivity contribution in [3.63, 3.8) is 0 Å². The molecule has 4 heteroatoms. The van der Waals surface area contributed by atoms with E-state index < -0.39 is 0 Å². The Labute approximate surface area is 110 Å². The van der Waals surface area contributed by atoms with Gasteiger partial charge in [0.2, 0.25) is 0 Å². The predicted octanol–water partition coefficient (Wildman–Crippen LogP) is 1.72. The Morgan fingerprint density at radius 1 is 1.39 bits per heavy atom. The second-order valence-corrected chi connectivity index (χ2v) is 5.91. The zero-order valence-corrected chi connectivity index (χ0v) is 11.9. The van der Waals surface area contributed by atoms with Crippen LogP contribution in [-0.4, -0.2) is 41.1 Å². The first-order valence-corrected chi connectivity index (χ1v) is 7.01. The molecule has 1 N–H and O–H groups in total. The molecule has 1 fully saturated rings. The number of hydrogen-bond acceptors (Lipinski definition) is 3. The van der Waals surface area contributed by atoms with Crippen LogP contribution in [0.4, 0.5) is 0 Å². The van der Waals surface area contributed by atoms with Crippen LogP contribution in [0.1, 0.15) is 32.4 Å². The van der Waals surface area contributed by atoms with E-state index in [0.29, 0.717) is 5.41 Å². The van der Waals surface area contributed by atoms with Crippen molar-refractivity contribution in [1.82, 2.24) is 19.8 Å². The summed E-state index contributed by atoms with van der Waals surface area (Å²) < 4.78 is 2.33. The molecule has 2 heterocycles. The van der Waals surface area contributed by atoms with Gasteiger partial charge in [0.1, 0.15) is 0 Å². The maximum atomic E-state index is 4.30. The SMILES string of the molecule is CCNCc1cncn1CC1(C)CCN(C)CC1. The highest BCUT2D eigenvalue weighted by atomic mass is 15.1. The van der Waals surface area contributed by atoms with Crippen LogP contribution < -0.4 is 5.32 Å². The van der Waals surface area contributed by atoms with E-state index in [1.165, 1.54) is 31.6 Å². The Morgan fingerprint density at radius 2 is 2.11 bits per heavy atom. The van der Waals surface area contributed by atoms with Gasteiger partial charge in [0.05, 0.1) is 12.0 Å². The maximum Gasteiger partial charge on any atom is 0.0948 e. The van der Waals surface area contributed by atoms with Crippen LogP contribution in [0.3, 0.4) is 0 Å². The molecule has 2 rings (SSSR count). The fraction of sp³-hybridized carbons (Fsp3) is 0.786. The van der Waals surface area contributed by atoms with E-state index in [1.807, 2.05) is 12.5 Å². The zero-order chi connectivity index (χ0) is 13.0. The van der Waals surface area contributed by atoms with Gasteiger partial charge >= 0.3 is 0 Å². The topological polar surface area (TPSA) is 33.1 Å². The molecule has 0 unspecified atom stereocenters. The standard InChI is InChI=1S/C14H26N4/c1-4-15-9-13-10-16-12-18(13)11-14(2)5-7-17(3)8-6-14/h10,12,15H,4-9,11H2,1-3H3. The molecule has 1 aromatic rings. The smallest absolute Gasteiger partial charge is 0.0948 e. The second kappa shape index (κ2) is 5.85. The van der Waals surface area contributed by atoms with Crippen molar-refractivity contribution in [2.45, 2.75) is 39.8 Å². The molecule has 0 saturated carbocycles. The molecule has 1 aliphatic rings. The van der Waals surface area contributed by atoms with Gasteiger partial charge in [-0.05, 0) is 44.9 Å². The first kappa shape index (κ1) is 13.6. The third kappa shape index (κ3) is 3.33. The van der Waals surface area contributed by atoms with Crippen LogP contribution in [0.25, 0.3) is 0 Å². The number of piperidine rings is 1. The normalized spacial score (nSPS) is 20.2. The molecular weight excluding hydrogens is 224 g/mol. The minimum atomic E-state index is 0.425. The Bertz CT molecular complexity index is 364. The molecule has 102 valence electrons. The Hall–Kier alpha value is -0.870. The van der Waals surface area contributed by atoms with Gasteiger partial charge in [-0.1, -0.05) is 13.8 Å². The van der Waals surface area contributed by atoms with E-state index in [9.17, 15) is 0 Å². The van der Waals surface area contributed by atoms with Crippen molar-refractivity contribution in [2.24, 2.45) is 5.41 Å². The van der Waals surface area contributed by atoms with Crippen LogP contribution in [0.15, 0.2) is 12.5 Å². The zero-order valence-electron chi connectivity index (χ0n) is 11.9. The summed E-state index contributed by atoms with van der Waals surface area (Å²) in [4.78, 5) is 6.72. The number of likely N-dealkylation sites (tertiary alicyclic amines) is 1. The number of rotatable bonds is 5. The molecule has 0 radical (unpaired) electrons. The summed E-state index contributed by atoms with van der Waals surface area (Å²) in [5, 5.41) is 3.38. The average Bonchev–Trinajstić information content (AvgIpc) is 2.78. The van der Waals surface area contributed by atoms with E-state index in [1.54, 1.807) is 0 Å². The summed E-state index contributed by atoms with van der Waals surface area (Å²) in [6.45, 7) is 10.0. The highest BCUT2D eigenvalue weighted by molar-refractivity contribution is 4.99. The summed E-state index contributed by atoms with van der Waals surface area (Å²) in [6.07, 6.45) is 6.53. The number of nitrogens with one attached hydrogen (secondary N) is 1. The predicted molar refractivity (Wildman–Crippen MR) is 74.4 cm³/mol. The average molecular weight is 250 g/mol. The van der Waals surface area contributed by atoms with Gasteiger partial charge in [-0.25, -0.2) is 4.98 Å². The molecular formula is C14H26N4. The van der Waals surface area contributed by atoms with Crippen molar-refractivity contribution >= 4 is 0 Å². The lowest BCUT2D eigenvalue weighted by molar-refractivity contribution is 0.119. The highest BCUT2D eigenvalue weighted by Crippen LogP contribution is 2.32. The Balaban J connectivity index is 1.98. The molecule has 1 saturated heterocycles. The third-order valence-electron chi connectivity index (χ3n) is 4.10. The monoisotopic (exact) mass is 250 g/mol. The minimum absolute atomic E-state index is 0.425. The Morgan fingerprint density at radius 3 is 2.78 bits per heavy atom. The summed E-state index contributed by atoms with van der Waals surface area (Å²) in [6, 6.07) is 0. The van der Waals surface area contributed by atoms with Crippen LogP contribution in [0, 0.1) is 5.41 Å². The van der Waals surface area contributed by atoms with Crippen molar-refractivity contribution in [3.05, 3.63) is 18.2 Å².